The lowest BCUT2D eigenvalue weighted by Crippen LogP contribution is -2.34. The largest absolute Gasteiger partial charge is 0.416 e. The Balaban J connectivity index is 1.70. The molecule has 3 rings (SSSR count). The third-order valence-corrected chi connectivity index (χ3v) is 5.33. The molecule has 2 aromatic rings. The fourth-order valence-electron chi connectivity index (χ4n) is 3.79. The van der Waals surface area contributed by atoms with E-state index in [0.29, 0.717) is 18.5 Å². The Morgan fingerprint density at radius 2 is 1.86 bits per heavy atom. The Morgan fingerprint density at radius 3 is 2.61 bits per heavy atom. The predicted molar refractivity (Wildman–Crippen MR) is 107 cm³/mol. The van der Waals surface area contributed by atoms with E-state index in [1.54, 1.807) is 12.4 Å². The molecule has 148 valence electrons. The van der Waals surface area contributed by atoms with Gasteiger partial charge in [-0.25, -0.2) is 0 Å². The van der Waals surface area contributed by atoms with E-state index in [4.69, 9.17) is 5.73 Å². The molecule has 0 unspecified atom stereocenters. The first-order valence-corrected chi connectivity index (χ1v) is 9.66. The molecule has 0 radical (unpaired) electrons. The summed E-state index contributed by atoms with van der Waals surface area (Å²) < 4.78 is 40.7. The van der Waals surface area contributed by atoms with Gasteiger partial charge in [-0.1, -0.05) is 48.6 Å². The highest BCUT2D eigenvalue weighted by Gasteiger charge is 2.30. The van der Waals surface area contributed by atoms with Crippen molar-refractivity contribution < 1.29 is 17.7 Å². The van der Waals surface area contributed by atoms with Crippen LogP contribution < -0.4 is 16.2 Å². The van der Waals surface area contributed by atoms with Gasteiger partial charge >= 0.3 is 6.18 Å². The smallest absolute Gasteiger partial charge is 0.294 e. The third-order valence-electron chi connectivity index (χ3n) is 5.33. The van der Waals surface area contributed by atoms with Gasteiger partial charge in [-0.2, -0.15) is 13.2 Å². The number of rotatable bonds is 6. The summed E-state index contributed by atoms with van der Waals surface area (Å²) in [6.45, 7) is 2.80. The second-order valence-corrected chi connectivity index (χ2v) is 7.20. The molecular weight excluding hydrogens is 361 g/mol. The van der Waals surface area contributed by atoms with Crippen molar-refractivity contribution in [3.05, 3.63) is 69.6 Å². The van der Waals surface area contributed by atoms with Crippen molar-refractivity contribution in [3.63, 3.8) is 0 Å². The van der Waals surface area contributed by atoms with Crippen molar-refractivity contribution in [2.24, 2.45) is 5.73 Å². The van der Waals surface area contributed by atoms with Gasteiger partial charge in [0.15, 0.2) is 0 Å². The zero-order chi connectivity index (χ0) is 20.1. The van der Waals surface area contributed by atoms with Crippen LogP contribution in [0, 0.1) is 0 Å². The Labute approximate surface area is 163 Å². The normalized spacial score (nSPS) is 15.4. The molecule has 0 fully saturated rings. The molecule has 0 spiro atoms. The van der Waals surface area contributed by atoms with Gasteiger partial charge in [0.2, 0.25) is 6.34 Å². The van der Waals surface area contributed by atoms with Gasteiger partial charge in [-0.05, 0) is 54.7 Å². The monoisotopic (exact) mass is 387 g/mol. The van der Waals surface area contributed by atoms with E-state index in [0.717, 1.165) is 25.3 Å². The summed E-state index contributed by atoms with van der Waals surface area (Å²) in [6, 6.07) is 12.0. The quantitative estimate of drug-likeness (QED) is 0.457. The summed E-state index contributed by atoms with van der Waals surface area (Å²) in [6.07, 6.45) is 5.23. The lowest BCUT2D eigenvalue weighted by molar-refractivity contribution is -0.566. The lowest BCUT2D eigenvalue weighted by atomic mass is 9.98. The Kier molecular flexibility index (Phi) is 6.22. The molecule has 28 heavy (non-hydrogen) atoms. The average molecular weight is 387 g/mol. The van der Waals surface area contributed by atoms with Crippen LogP contribution in [-0.4, -0.2) is 17.5 Å². The summed E-state index contributed by atoms with van der Waals surface area (Å²) >= 11 is 0. The van der Waals surface area contributed by atoms with E-state index in [1.165, 1.54) is 28.1 Å². The SMILES string of the molecule is C[C@H](c1cccc2c1=CCCC=2)/[N+](=C/N)CCCc1cccc(C(F)(F)F)c1. The van der Waals surface area contributed by atoms with Gasteiger partial charge in [-0.15, -0.1) is 0 Å². The number of halogens is 3. The van der Waals surface area contributed by atoms with Crippen LogP contribution in [0.3, 0.4) is 0 Å². The number of hydrogen-bond acceptors (Lipinski definition) is 0. The zero-order valence-corrected chi connectivity index (χ0v) is 16.0. The first-order chi connectivity index (χ1) is 13.4. The van der Waals surface area contributed by atoms with Crippen molar-refractivity contribution >= 4 is 18.5 Å². The number of alkyl halides is 3. The topological polar surface area (TPSA) is 29.0 Å². The molecule has 0 aromatic heterocycles. The van der Waals surface area contributed by atoms with Gasteiger partial charge in [0.05, 0.1) is 12.1 Å². The van der Waals surface area contributed by atoms with Crippen LogP contribution in [0.15, 0.2) is 42.5 Å². The summed E-state index contributed by atoms with van der Waals surface area (Å²) in [4.78, 5) is 0. The number of fused-ring (bicyclic) bond motifs is 1. The molecule has 1 aliphatic carbocycles. The molecule has 0 aliphatic heterocycles. The van der Waals surface area contributed by atoms with Crippen LogP contribution in [0.5, 0.6) is 0 Å². The van der Waals surface area contributed by atoms with Crippen LogP contribution in [-0.2, 0) is 12.6 Å². The lowest BCUT2D eigenvalue weighted by Gasteiger charge is -2.17. The van der Waals surface area contributed by atoms with Gasteiger partial charge < -0.3 is 0 Å². The maximum Gasteiger partial charge on any atom is 0.416 e. The van der Waals surface area contributed by atoms with Crippen molar-refractivity contribution in [2.75, 3.05) is 6.54 Å². The van der Waals surface area contributed by atoms with Crippen LogP contribution in [0.1, 0.15) is 48.9 Å². The van der Waals surface area contributed by atoms with Gasteiger partial charge in [0.1, 0.15) is 6.04 Å². The van der Waals surface area contributed by atoms with E-state index in [-0.39, 0.29) is 6.04 Å². The van der Waals surface area contributed by atoms with Gasteiger partial charge in [0, 0.05) is 5.56 Å². The second-order valence-electron chi connectivity index (χ2n) is 7.20. The van der Waals surface area contributed by atoms with Gasteiger partial charge in [0.25, 0.3) is 0 Å². The molecule has 2 aromatic carbocycles. The number of nitrogens with zero attached hydrogens (tertiary/aromatic N) is 1. The first kappa shape index (κ1) is 20.2. The molecule has 0 heterocycles. The highest BCUT2D eigenvalue weighted by molar-refractivity contribution is 5.46. The van der Waals surface area contributed by atoms with Crippen LogP contribution in [0.2, 0.25) is 0 Å². The zero-order valence-electron chi connectivity index (χ0n) is 16.0. The fourth-order valence-corrected chi connectivity index (χ4v) is 3.79. The minimum absolute atomic E-state index is 0.101. The van der Waals surface area contributed by atoms with Crippen LogP contribution in [0.25, 0.3) is 12.2 Å². The van der Waals surface area contributed by atoms with Gasteiger partial charge in [-0.3, -0.25) is 10.3 Å². The highest BCUT2D eigenvalue weighted by Crippen LogP contribution is 2.29. The molecule has 1 atom stereocenters. The van der Waals surface area contributed by atoms with E-state index in [9.17, 15) is 13.2 Å². The predicted octanol–water partition coefficient (Wildman–Crippen LogP) is 3.75. The molecule has 0 bridgehead atoms. The Morgan fingerprint density at radius 1 is 1.11 bits per heavy atom. The van der Waals surface area contributed by atoms with Crippen LogP contribution >= 0.6 is 0 Å². The average Bonchev–Trinajstić information content (AvgIpc) is 2.70. The molecule has 2 nitrogen and oxygen atoms in total. The molecule has 5 heteroatoms. The minimum Gasteiger partial charge on any atom is -0.294 e. The van der Waals surface area contributed by atoms with E-state index in [1.807, 2.05) is 0 Å². The second kappa shape index (κ2) is 8.63. The van der Waals surface area contributed by atoms with Crippen LogP contribution in [0.4, 0.5) is 13.2 Å². The standard InChI is InChI=1S/C23H25F3N2/c1-17(21-13-5-10-19-9-2-3-12-22(19)21)28(16-27)14-6-8-18-7-4-11-20(15-18)23(24,25)26/h4-5,7,9-13,15-17,27H,2-3,6,8,14H2,1H3/p+1/t17-/m1/s1. The number of hydrogen-bond donors (Lipinski definition) is 1. The molecule has 0 saturated heterocycles. The molecule has 1 aliphatic rings. The maximum absolute atomic E-state index is 12.9. The molecule has 0 amide bonds. The summed E-state index contributed by atoms with van der Waals surface area (Å²) in [5.74, 6) is 0. The van der Waals surface area contributed by atoms with E-state index >= 15 is 0 Å². The molecule has 2 N–H and O–H groups in total. The van der Waals surface area contributed by atoms with Crippen molar-refractivity contribution in [1.29, 1.82) is 0 Å². The number of aryl methyl sites for hydroxylation is 1. The fraction of sp³-hybridized carbons (Fsp3) is 0.348. The summed E-state index contributed by atoms with van der Waals surface area (Å²) in [5, 5.41) is 2.53. The number of benzene rings is 2. The first-order valence-electron chi connectivity index (χ1n) is 9.66. The van der Waals surface area contributed by atoms with Crippen molar-refractivity contribution in [2.45, 2.75) is 44.8 Å². The molecular formula is C23H26F3N2+. The van der Waals surface area contributed by atoms with Crippen molar-refractivity contribution in [1.82, 2.24) is 0 Å². The Hall–Kier alpha value is -2.56. The molecule has 0 saturated carbocycles. The number of nitrogens with two attached hydrogens (primary N) is 1. The van der Waals surface area contributed by atoms with Crippen molar-refractivity contribution in [3.8, 4) is 0 Å². The highest BCUT2D eigenvalue weighted by atomic mass is 19.4. The maximum atomic E-state index is 12.9. The van der Waals surface area contributed by atoms with E-state index in [2.05, 4.69) is 41.9 Å². The third kappa shape index (κ3) is 4.64. The summed E-state index contributed by atoms with van der Waals surface area (Å²) in [7, 11) is 0. The Bertz CT molecular complexity index is 974. The van der Waals surface area contributed by atoms with E-state index < -0.39 is 11.7 Å². The summed E-state index contributed by atoms with van der Waals surface area (Å²) in [5.41, 5.74) is 7.21. The minimum atomic E-state index is -4.30.